The van der Waals surface area contributed by atoms with E-state index in [2.05, 4.69) is 145 Å². The second kappa shape index (κ2) is 22.4. The molecule has 31 unspecified atom stereocenters. The Morgan fingerprint density at radius 1 is 0.380 bits per heavy atom. The van der Waals surface area contributed by atoms with Gasteiger partial charge in [0.1, 0.15) is 0 Å². The first-order valence-electron chi connectivity index (χ1n) is 33.3. The molecule has 0 N–H and O–H groups in total. The zero-order valence-electron chi connectivity index (χ0n) is 51.9. The van der Waals surface area contributed by atoms with E-state index < -0.39 is 0 Å². The molecule has 0 aromatic rings. The second-order valence-electron chi connectivity index (χ2n) is 32.8. The van der Waals surface area contributed by atoms with E-state index in [0.29, 0.717) is 10.8 Å². The van der Waals surface area contributed by atoms with Gasteiger partial charge in [0.2, 0.25) is 0 Å². The van der Waals surface area contributed by atoms with Gasteiger partial charge in [-0.1, -0.05) is 171 Å². The highest BCUT2D eigenvalue weighted by Gasteiger charge is 2.57. The van der Waals surface area contributed by atoms with E-state index in [9.17, 15) is 0 Å². The Labute approximate surface area is 446 Å². The van der Waals surface area contributed by atoms with Gasteiger partial charge in [0.05, 0.1) is 0 Å². The van der Waals surface area contributed by atoms with E-state index in [1.807, 2.05) is 0 Å². The Kier molecular flexibility index (Phi) is 18.0. The topological polar surface area (TPSA) is 0 Å². The van der Waals surface area contributed by atoms with Crippen molar-refractivity contribution in [2.45, 2.75) is 255 Å². The molecular formula is C71H128. The minimum Gasteiger partial charge on any atom is -0.0654 e. The lowest BCUT2D eigenvalue weighted by Crippen LogP contribution is -2.36. The Morgan fingerprint density at radius 3 is 1.30 bits per heavy atom. The third kappa shape index (κ3) is 10.8. The molecule has 0 heterocycles. The summed E-state index contributed by atoms with van der Waals surface area (Å²) in [5, 5.41) is 0. The first-order valence-corrected chi connectivity index (χ1v) is 33.3. The predicted octanol–water partition coefficient (Wildman–Crippen LogP) is 21.2. The molecule has 12 bridgehead atoms. The van der Waals surface area contributed by atoms with E-state index >= 15 is 0 Å². The second-order valence-corrected chi connectivity index (χ2v) is 32.8. The number of fused-ring (bicyclic) bond motifs is 15. The zero-order chi connectivity index (χ0) is 51.9. The van der Waals surface area contributed by atoms with Crippen molar-refractivity contribution in [3.63, 3.8) is 0 Å². The molecule has 0 aromatic heterocycles. The molecule has 71 heavy (non-hydrogen) atoms. The van der Waals surface area contributed by atoms with Crippen LogP contribution in [0.15, 0.2) is 0 Å². The average molecular weight is 982 g/mol. The van der Waals surface area contributed by atoms with Crippen molar-refractivity contribution >= 4 is 0 Å². The van der Waals surface area contributed by atoms with Crippen LogP contribution in [-0.2, 0) is 0 Å². The number of hydrogen-bond acceptors (Lipinski definition) is 0. The van der Waals surface area contributed by atoms with E-state index in [-0.39, 0.29) is 0 Å². The fraction of sp³-hybridized carbons (Fsp3) is 1.00. The Hall–Kier alpha value is 0. The van der Waals surface area contributed by atoms with Crippen LogP contribution < -0.4 is 0 Å². The van der Waals surface area contributed by atoms with Crippen molar-refractivity contribution in [3.05, 3.63) is 0 Å². The minimum absolute atomic E-state index is 0.663. The molecule has 0 saturated heterocycles. The SMILES string of the molecule is CC(C)C1CC2CC1C(C)C2C.CC1C2CC(C1C)C(C)(C)C2.CC1CC2CC1C(C)C2C.CC1CCC2C3CC(C(C)C3C)C2C1.CCC1(C)CC2CC1C(C)C2C.CCCC1CC2CC1C(C)C2C. The highest BCUT2D eigenvalue weighted by molar-refractivity contribution is 5.06. The van der Waals surface area contributed by atoms with Crippen LogP contribution in [0.3, 0.4) is 0 Å². The minimum atomic E-state index is 0.663. The summed E-state index contributed by atoms with van der Waals surface area (Å²) in [6, 6.07) is 0. The van der Waals surface area contributed by atoms with Crippen molar-refractivity contribution in [3.8, 4) is 0 Å². The molecule has 13 aliphatic carbocycles. The van der Waals surface area contributed by atoms with Gasteiger partial charge in [0.15, 0.2) is 0 Å². The van der Waals surface area contributed by atoms with Crippen molar-refractivity contribution in [1.29, 1.82) is 0 Å². The van der Waals surface area contributed by atoms with Crippen LogP contribution in [0.5, 0.6) is 0 Å². The van der Waals surface area contributed by atoms with Crippen molar-refractivity contribution in [1.82, 2.24) is 0 Å². The van der Waals surface area contributed by atoms with Gasteiger partial charge in [-0.3, -0.25) is 0 Å². The van der Waals surface area contributed by atoms with Gasteiger partial charge in [-0.05, 0) is 278 Å². The van der Waals surface area contributed by atoms with Crippen LogP contribution in [0.25, 0.3) is 0 Å². The van der Waals surface area contributed by atoms with Gasteiger partial charge >= 0.3 is 0 Å². The maximum absolute atomic E-state index is 2.52. The zero-order valence-corrected chi connectivity index (χ0v) is 51.9. The lowest BCUT2D eigenvalue weighted by Gasteiger charge is -2.43. The monoisotopic (exact) mass is 981 g/mol. The van der Waals surface area contributed by atoms with Gasteiger partial charge < -0.3 is 0 Å². The summed E-state index contributed by atoms with van der Waals surface area (Å²) in [5.41, 5.74) is 1.37. The van der Waals surface area contributed by atoms with E-state index in [1.165, 1.54) is 64.2 Å². The lowest BCUT2D eigenvalue weighted by atomic mass is 9.62. The predicted molar refractivity (Wildman–Crippen MR) is 311 cm³/mol. The number of rotatable bonds is 4. The first kappa shape index (κ1) is 57.2. The van der Waals surface area contributed by atoms with E-state index in [1.54, 1.807) is 44.9 Å². The standard InChI is InChI=1S/C14H24.3C12H22.C11H20.C10H18/c1-8-4-5-11-12-7-13(14(11)6-8)10(3)9(12)2;1-7(2)11-5-10-6-12(11)9(4)8(10)3;1-5-12(4)7-10-6-11(12)9(3)8(10)2;1-4-5-10-6-11-7-12(10)9(3)8(11)2;1-7-8(2)10-5-9(7)6-11(10,3)4;1-6-4-9-5-10(6)8(3)7(9)2/h8-14H,4-7H2,1-3H3;7-12H,5-6H2,1-4H3;8-11H,5-7H2,1-4H3;8-12H,4-7H2,1-3H3;7-10H,5-6H2,1-4H3;6-10H,4-5H2,1-3H3. The van der Waals surface area contributed by atoms with Crippen LogP contribution in [-0.4, -0.2) is 0 Å². The van der Waals surface area contributed by atoms with Crippen molar-refractivity contribution < 1.29 is 0 Å². The smallest absolute Gasteiger partial charge is 0.0295 e. The summed E-state index contributed by atoms with van der Waals surface area (Å²) in [5.74, 6) is 32.6. The van der Waals surface area contributed by atoms with Crippen molar-refractivity contribution in [2.75, 3.05) is 0 Å². The lowest BCUT2D eigenvalue weighted by molar-refractivity contribution is 0.0607. The maximum Gasteiger partial charge on any atom is -0.0295 e. The third-order valence-corrected chi connectivity index (χ3v) is 29.5. The average Bonchev–Trinajstić information content (AvgIpc) is 4.21. The molecular weight excluding hydrogens is 853 g/mol. The van der Waals surface area contributed by atoms with Gasteiger partial charge in [-0.15, -0.1) is 0 Å². The molecule has 31 atom stereocenters. The summed E-state index contributed by atoms with van der Waals surface area (Å²) in [6.07, 6.45) is 25.8. The van der Waals surface area contributed by atoms with E-state index in [4.69, 9.17) is 0 Å². The highest BCUT2D eigenvalue weighted by atomic mass is 14.6. The maximum atomic E-state index is 2.52. The summed E-state index contributed by atoms with van der Waals surface area (Å²) in [7, 11) is 0. The van der Waals surface area contributed by atoms with Crippen LogP contribution in [0.2, 0.25) is 0 Å². The van der Waals surface area contributed by atoms with Gasteiger partial charge in [0, 0.05) is 0 Å². The van der Waals surface area contributed by atoms with Gasteiger partial charge in [-0.2, -0.15) is 0 Å². The van der Waals surface area contributed by atoms with Gasteiger partial charge in [-0.25, -0.2) is 0 Å². The largest absolute Gasteiger partial charge is 0.0654 e. The fourth-order valence-corrected chi connectivity index (χ4v) is 23.6. The molecule has 13 aliphatic rings. The molecule has 13 rings (SSSR count). The quantitative estimate of drug-likeness (QED) is 0.263. The molecule has 0 amide bonds. The normalized spacial score (nSPS) is 56.2. The Morgan fingerprint density at radius 2 is 0.859 bits per heavy atom. The Bertz CT molecular complexity index is 1670. The molecule has 0 nitrogen and oxygen atoms in total. The third-order valence-electron chi connectivity index (χ3n) is 29.5. The van der Waals surface area contributed by atoms with Gasteiger partial charge in [0.25, 0.3) is 0 Å². The number of hydrogen-bond donors (Lipinski definition) is 0. The summed E-state index contributed by atoms with van der Waals surface area (Å²) in [4.78, 5) is 0. The molecule has 412 valence electrons. The molecule has 0 radical (unpaired) electrons. The van der Waals surface area contributed by atoms with Crippen LogP contribution in [0, 0.1) is 194 Å². The summed E-state index contributed by atoms with van der Waals surface area (Å²) >= 11 is 0. The van der Waals surface area contributed by atoms with Crippen LogP contribution in [0.1, 0.15) is 255 Å². The van der Waals surface area contributed by atoms with E-state index in [0.717, 1.165) is 183 Å². The fourth-order valence-electron chi connectivity index (χ4n) is 23.6. The summed E-state index contributed by atoms with van der Waals surface area (Å²) < 4.78 is 0. The first-order chi connectivity index (χ1) is 33.3. The molecule has 13 fully saturated rings. The highest BCUT2D eigenvalue weighted by Crippen LogP contribution is 2.65. The van der Waals surface area contributed by atoms with Crippen LogP contribution in [0.4, 0.5) is 0 Å². The van der Waals surface area contributed by atoms with Crippen LogP contribution >= 0.6 is 0 Å². The summed E-state index contributed by atoms with van der Waals surface area (Å²) in [6.45, 7) is 51.5. The molecule has 0 spiro atoms. The molecule has 0 heteroatoms. The Balaban J connectivity index is 0.000000115. The molecule has 13 saturated carbocycles. The molecule has 0 aliphatic heterocycles. The molecule has 0 aromatic carbocycles. The van der Waals surface area contributed by atoms with Crippen molar-refractivity contribution in [2.24, 2.45) is 194 Å².